The van der Waals surface area contributed by atoms with Crippen molar-refractivity contribution in [2.75, 3.05) is 20.1 Å². The first-order valence-corrected chi connectivity index (χ1v) is 7.18. The van der Waals surface area contributed by atoms with Crippen molar-refractivity contribution in [2.24, 2.45) is 0 Å². The van der Waals surface area contributed by atoms with E-state index < -0.39 is 0 Å². The van der Waals surface area contributed by atoms with E-state index in [9.17, 15) is 4.79 Å². The number of carbonyl (C=O) groups excluding carboxylic acids is 1. The van der Waals surface area contributed by atoms with E-state index in [4.69, 9.17) is 0 Å². The molecule has 98 valence electrons. The lowest BCUT2D eigenvalue weighted by Crippen LogP contribution is -2.47. The molecule has 0 saturated carbocycles. The molecule has 18 heavy (non-hydrogen) atoms. The third kappa shape index (κ3) is 3.33. The van der Waals surface area contributed by atoms with Crippen molar-refractivity contribution in [3.8, 4) is 0 Å². The zero-order chi connectivity index (χ0) is 13.0. The van der Waals surface area contributed by atoms with Gasteiger partial charge in [-0.2, -0.15) is 0 Å². The van der Waals surface area contributed by atoms with Crippen molar-refractivity contribution in [3.63, 3.8) is 0 Å². The Balaban J connectivity index is 1.97. The van der Waals surface area contributed by atoms with Crippen LogP contribution in [-0.2, 0) is 11.2 Å². The van der Waals surface area contributed by atoms with Gasteiger partial charge in [0.25, 0.3) is 0 Å². The summed E-state index contributed by atoms with van der Waals surface area (Å²) < 4.78 is 1.01. The summed E-state index contributed by atoms with van der Waals surface area (Å²) in [5.74, 6) is 0.224. The molecule has 1 saturated heterocycles. The number of halogens is 1. The molecule has 1 aromatic rings. The van der Waals surface area contributed by atoms with Crippen LogP contribution in [0.25, 0.3) is 0 Å². The molecule has 0 aliphatic carbocycles. The fourth-order valence-corrected chi connectivity index (χ4v) is 2.78. The minimum Gasteiger partial charge on any atom is -0.341 e. The molecule has 4 heteroatoms. The normalized spacial score (nSPS) is 19.9. The maximum absolute atomic E-state index is 12.3. The van der Waals surface area contributed by atoms with Gasteiger partial charge in [0.05, 0.1) is 6.42 Å². The van der Waals surface area contributed by atoms with Crippen molar-refractivity contribution >= 4 is 21.8 Å². The maximum Gasteiger partial charge on any atom is 0.227 e. The topological polar surface area (TPSA) is 32.3 Å². The molecule has 0 aromatic heterocycles. The van der Waals surface area contributed by atoms with Gasteiger partial charge in [-0.3, -0.25) is 4.79 Å². The van der Waals surface area contributed by atoms with E-state index in [1.165, 1.54) is 0 Å². The van der Waals surface area contributed by atoms with Gasteiger partial charge in [0.2, 0.25) is 5.91 Å². The second-order valence-electron chi connectivity index (χ2n) is 4.74. The molecule has 0 unspecified atom stereocenters. The Hall–Kier alpha value is -0.870. The lowest BCUT2D eigenvalue weighted by Gasteiger charge is -2.32. The van der Waals surface area contributed by atoms with Crippen LogP contribution in [0.15, 0.2) is 28.7 Å². The Morgan fingerprint density at radius 1 is 1.50 bits per heavy atom. The number of hydrogen-bond donors (Lipinski definition) is 1. The fraction of sp³-hybridized carbons (Fsp3) is 0.500. The van der Waals surface area contributed by atoms with Gasteiger partial charge in [0, 0.05) is 23.6 Å². The summed E-state index contributed by atoms with van der Waals surface area (Å²) in [4.78, 5) is 14.2. The molecule has 1 aliphatic rings. The third-order valence-corrected chi connectivity index (χ3v) is 4.26. The molecule has 1 aliphatic heterocycles. The maximum atomic E-state index is 12.3. The highest BCUT2D eigenvalue weighted by molar-refractivity contribution is 9.10. The predicted octanol–water partition coefficient (Wildman–Crippen LogP) is 2.20. The summed E-state index contributed by atoms with van der Waals surface area (Å²) in [6.07, 6.45) is 2.74. The van der Waals surface area contributed by atoms with Gasteiger partial charge >= 0.3 is 0 Å². The van der Waals surface area contributed by atoms with E-state index in [1.807, 2.05) is 36.2 Å². The van der Waals surface area contributed by atoms with Gasteiger partial charge in [-0.25, -0.2) is 0 Å². The van der Waals surface area contributed by atoms with Crippen molar-refractivity contribution in [1.29, 1.82) is 0 Å². The number of carbonyl (C=O) groups is 1. The molecule has 1 N–H and O–H groups in total. The molecule has 3 nitrogen and oxygen atoms in total. The Kier molecular flexibility index (Phi) is 4.78. The first-order chi connectivity index (χ1) is 8.70. The number of piperidine rings is 1. The summed E-state index contributed by atoms with van der Waals surface area (Å²) in [5.41, 5.74) is 1.06. The average molecular weight is 311 g/mol. The van der Waals surface area contributed by atoms with Crippen molar-refractivity contribution in [1.82, 2.24) is 10.2 Å². The Labute approximate surface area is 117 Å². The summed E-state index contributed by atoms with van der Waals surface area (Å²) in [7, 11) is 1.96. The summed E-state index contributed by atoms with van der Waals surface area (Å²) in [5, 5.41) is 3.26. The molecule has 1 atom stereocenters. The van der Waals surface area contributed by atoms with Gasteiger partial charge in [-0.05, 0) is 31.5 Å². The smallest absolute Gasteiger partial charge is 0.227 e. The monoisotopic (exact) mass is 310 g/mol. The van der Waals surface area contributed by atoms with Crippen LogP contribution in [0.5, 0.6) is 0 Å². The average Bonchev–Trinajstić information content (AvgIpc) is 2.41. The summed E-state index contributed by atoms with van der Waals surface area (Å²) >= 11 is 3.49. The van der Waals surface area contributed by atoms with Gasteiger partial charge < -0.3 is 10.2 Å². The number of likely N-dealkylation sites (tertiary alicyclic amines) is 1. The molecule has 0 bridgehead atoms. The van der Waals surface area contributed by atoms with Crippen LogP contribution in [0.1, 0.15) is 18.4 Å². The van der Waals surface area contributed by atoms with Crippen LogP contribution in [0.3, 0.4) is 0 Å². The molecular weight excluding hydrogens is 292 g/mol. The second kappa shape index (κ2) is 6.34. The lowest BCUT2D eigenvalue weighted by atomic mass is 10.0. The Morgan fingerprint density at radius 3 is 3.00 bits per heavy atom. The van der Waals surface area contributed by atoms with Crippen LogP contribution in [0.4, 0.5) is 0 Å². The number of likely N-dealkylation sites (N-methyl/N-ethyl adjacent to an activating group) is 1. The highest BCUT2D eigenvalue weighted by Gasteiger charge is 2.22. The fourth-order valence-electron chi connectivity index (χ4n) is 2.36. The predicted molar refractivity (Wildman–Crippen MR) is 76.5 cm³/mol. The number of amides is 1. The molecule has 1 heterocycles. The van der Waals surface area contributed by atoms with E-state index in [1.54, 1.807) is 0 Å². The van der Waals surface area contributed by atoms with Crippen LogP contribution < -0.4 is 5.32 Å². The van der Waals surface area contributed by atoms with Crippen molar-refractivity contribution in [2.45, 2.75) is 25.3 Å². The van der Waals surface area contributed by atoms with Crippen LogP contribution in [0, 0.1) is 0 Å². The Bertz CT molecular complexity index is 422. The largest absolute Gasteiger partial charge is 0.341 e. The molecular formula is C14H19BrN2O. The highest BCUT2D eigenvalue weighted by Crippen LogP contribution is 2.18. The number of benzene rings is 1. The number of rotatable bonds is 3. The molecule has 1 fully saturated rings. The lowest BCUT2D eigenvalue weighted by molar-refractivity contribution is -0.131. The number of nitrogens with one attached hydrogen (secondary N) is 1. The van der Waals surface area contributed by atoms with E-state index in [0.29, 0.717) is 12.5 Å². The van der Waals surface area contributed by atoms with Gasteiger partial charge in [0.15, 0.2) is 0 Å². The SMILES string of the molecule is CN[C@H]1CCCN(C(=O)Cc2ccccc2Br)C1. The minimum absolute atomic E-state index is 0.224. The van der Waals surface area contributed by atoms with Gasteiger partial charge in [0.1, 0.15) is 0 Å². The number of nitrogens with zero attached hydrogens (tertiary/aromatic N) is 1. The highest BCUT2D eigenvalue weighted by atomic mass is 79.9. The molecule has 1 aromatic carbocycles. The standard InChI is InChI=1S/C14H19BrN2O/c1-16-12-6-4-8-17(10-12)14(18)9-11-5-2-3-7-13(11)15/h2-3,5,7,12,16H,4,6,8-10H2,1H3/t12-/m0/s1. The zero-order valence-corrected chi connectivity index (χ0v) is 12.2. The van der Waals surface area contributed by atoms with Crippen LogP contribution in [0.2, 0.25) is 0 Å². The third-order valence-electron chi connectivity index (χ3n) is 3.48. The van der Waals surface area contributed by atoms with Gasteiger partial charge in [-0.1, -0.05) is 34.1 Å². The van der Waals surface area contributed by atoms with E-state index in [2.05, 4.69) is 21.2 Å². The first kappa shape index (κ1) is 13.6. The Morgan fingerprint density at radius 2 is 2.28 bits per heavy atom. The van der Waals surface area contributed by atoms with E-state index in [0.717, 1.165) is 36.0 Å². The van der Waals surface area contributed by atoms with Crippen molar-refractivity contribution in [3.05, 3.63) is 34.3 Å². The van der Waals surface area contributed by atoms with E-state index in [-0.39, 0.29) is 5.91 Å². The van der Waals surface area contributed by atoms with Crippen LogP contribution >= 0.6 is 15.9 Å². The zero-order valence-electron chi connectivity index (χ0n) is 10.7. The molecule has 1 amide bonds. The van der Waals surface area contributed by atoms with E-state index >= 15 is 0 Å². The summed E-state index contributed by atoms with van der Waals surface area (Å²) in [6, 6.07) is 8.37. The quantitative estimate of drug-likeness (QED) is 0.928. The summed E-state index contributed by atoms with van der Waals surface area (Å²) in [6.45, 7) is 1.72. The minimum atomic E-state index is 0.224. The van der Waals surface area contributed by atoms with Gasteiger partial charge in [-0.15, -0.1) is 0 Å². The first-order valence-electron chi connectivity index (χ1n) is 6.39. The number of hydrogen-bond acceptors (Lipinski definition) is 2. The molecule has 0 radical (unpaired) electrons. The second-order valence-corrected chi connectivity index (χ2v) is 5.59. The molecule has 0 spiro atoms. The molecule has 2 rings (SSSR count). The van der Waals surface area contributed by atoms with Crippen LogP contribution in [-0.4, -0.2) is 37.0 Å². The van der Waals surface area contributed by atoms with Crippen molar-refractivity contribution < 1.29 is 4.79 Å².